The Labute approximate surface area is 156 Å². The number of aliphatic imine (C=N–C) groups is 1. The van der Waals surface area contributed by atoms with Crippen LogP contribution in [-0.4, -0.2) is 38.0 Å². The van der Waals surface area contributed by atoms with E-state index in [-0.39, 0.29) is 11.8 Å². The summed E-state index contributed by atoms with van der Waals surface area (Å²) in [6.07, 6.45) is 11.2. The van der Waals surface area contributed by atoms with Crippen LogP contribution in [0.15, 0.2) is 27.8 Å². The van der Waals surface area contributed by atoms with E-state index < -0.39 is 0 Å². The molecular weight excluding hydrogens is 328 g/mol. The SMILES string of the molecule is O=C(NCCNC(=NCC1CCCCC1)NCCc1ccco1)C1CC1. The topological polar surface area (TPSA) is 78.7 Å². The molecule has 3 N–H and O–H groups in total. The van der Waals surface area contributed by atoms with E-state index >= 15 is 0 Å². The lowest BCUT2D eigenvalue weighted by atomic mass is 9.89. The monoisotopic (exact) mass is 360 g/mol. The summed E-state index contributed by atoms with van der Waals surface area (Å²) in [5.41, 5.74) is 0. The zero-order valence-electron chi connectivity index (χ0n) is 15.6. The van der Waals surface area contributed by atoms with Crippen molar-refractivity contribution < 1.29 is 9.21 Å². The van der Waals surface area contributed by atoms with Gasteiger partial charge in [-0.15, -0.1) is 0 Å². The Bertz CT molecular complexity index is 560. The Morgan fingerprint density at radius 1 is 1.04 bits per heavy atom. The van der Waals surface area contributed by atoms with Crippen molar-refractivity contribution in [3.05, 3.63) is 24.2 Å². The summed E-state index contributed by atoms with van der Waals surface area (Å²) in [6, 6.07) is 3.90. The van der Waals surface area contributed by atoms with Gasteiger partial charge < -0.3 is 20.4 Å². The van der Waals surface area contributed by atoms with Crippen molar-refractivity contribution in [2.75, 3.05) is 26.2 Å². The normalized spacial score (nSPS) is 18.5. The first-order valence-electron chi connectivity index (χ1n) is 10.1. The van der Waals surface area contributed by atoms with Crippen LogP contribution in [-0.2, 0) is 11.2 Å². The second kappa shape index (κ2) is 10.2. The molecule has 1 amide bonds. The smallest absolute Gasteiger partial charge is 0.223 e. The van der Waals surface area contributed by atoms with Crippen LogP contribution >= 0.6 is 0 Å². The number of furan rings is 1. The third kappa shape index (κ3) is 6.73. The molecule has 1 aromatic heterocycles. The Balaban J connectivity index is 1.40. The van der Waals surface area contributed by atoms with Crippen molar-refractivity contribution in [1.29, 1.82) is 0 Å². The van der Waals surface area contributed by atoms with Crippen molar-refractivity contribution in [3.63, 3.8) is 0 Å². The number of carbonyl (C=O) groups is 1. The fraction of sp³-hybridized carbons (Fsp3) is 0.700. The zero-order chi connectivity index (χ0) is 18.0. The molecule has 0 radical (unpaired) electrons. The van der Waals surface area contributed by atoms with Gasteiger partial charge in [-0.2, -0.15) is 0 Å². The zero-order valence-corrected chi connectivity index (χ0v) is 15.6. The van der Waals surface area contributed by atoms with Crippen LogP contribution in [0.1, 0.15) is 50.7 Å². The molecule has 0 saturated heterocycles. The Hall–Kier alpha value is -1.98. The van der Waals surface area contributed by atoms with Gasteiger partial charge in [0.15, 0.2) is 5.96 Å². The predicted molar refractivity (Wildman–Crippen MR) is 103 cm³/mol. The maximum atomic E-state index is 11.7. The van der Waals surface area contributed by atoms with Crippen molar-refractivity contribution in [1.82, 2.24) is 16.0 Å². The van der Waals surface area contributed by atoms with Crippen molar-refractivity contribution in [2.24, 2.45) is 16.8 Å². The molecule has 1 aromatic rings. The highest BCUT2D eigenvalue weighted by Crippen LogP contribution is 2.28. The van der Waals surface area contributed by atoms with Gasteiger partial charge in [0.2, 0.25) is 5.91 Å². The Morgan fingerprint density at radius 3 is 2.54 bits per heavy atom. The quantitative estimate of drug-likeness (QED) is 0.359. The molecule has 2 aliphatic rings. The van der Waals surface area contributed by atoms with Crippen LogP contribution in [0.5, 0.6) is 0 Å². The molecular formula is C20H32N4O2. The molecule has 2 aliphatic carbocycles. The van der Waals surface area contributed by atoms with Gasteiger partial charge in [-0.05, 0) is 43.7 Å². The fourth-order valence-corrected chi connectivity index (χ4v) is 3.38. The third-order valence-corrected chi connectivity index (χ3v) is 5.14. The Morgan fingerprint density at radius 2 is 1.81 bits per heavy atom. The molecule has 144 valence electrons. The molecule has 0 aliphatic heterocycles. The average Bonchev–Trinajstić information content (AvgIpc) is 3.40. The minimum Gasteiger partial charge on any atom is -0.469 e. The molecule has 26 heavy (non-hydrogen) atoms. The Kier molecular flexibility index (Phi) is 7.40. The van der Waals surface area contributed by atoms with Crippen molar-refractivity contribution in [2.45, 2.75) is 51.4 Å². The second-order valence-electron chi connectivity index (χ2n) is 7.44. The van der Waals surface area contributed by atoms with E-state index in [9.17, 15) is 4.79 Å². The summed E-state index contributed by atoms with van der Waals surface area (Å²) >= 11 is 0. The van der Waals surface area contributed by atoms with E-state index in [0.29, 0.717) is 19.0 Å². The van der Waals surface area contributed by atoms with Crippen LogP contribution in [0.25, 0.3) is 0 Å². The lowest BCUT2D eigenvalue weighted by Crippen LogP contribution is -2.42. The van der Waals surface area contributed by atoms with Gasteiger partial charge >= 0.3 is 0 Å². The highest BCUT2D eigenvalue weighted by atomic mass is 16.3. The molecule has 0 bridgehead atoms. The van der Waals surface area contributed by atoms with E-state index in [2.05, 4.69) is 16.0 Å². The number of nitrogens with zero attached hydrogens (tertiary/aromatic N) is 1. The number of guanidine groups is 1. The van der Waals surface area contributed by atoms with Crippen molar-refractivity contribution >= 4 is 11.9 Å². The van der Waals surface area contributed by atoms with E-state index in [1.807, 2.05) is 12.1 Å². The molecule has 0 unspecified atom stereocenters. The van der Waals surface area contributed by atoms with Gasteiger partial charge in [-0.1, -0.05) is 19.3 Å². The highest BCUT2D eigenvalue weighted by Gasteiger charge is 2.28. The molecule has 0 aromatic carbocycles. The first-order chi connectivity index (χ1) is 12.8. The van der Waals surface area contributed by atoms with Crippen LogP contribution in [0.2, 0.25) is 0 Å². The van der Waals surface area contributed by atoms with Gasteiger partial charge in [0.1, 0.15) is 5.76 Å². The molecule has 2 fully saturated rings. The van der Waals surface area contributed by atoms with Crippen molar-refractivity contribution in [3.8, 4) is 0 Å². The predicted octanol–water partition coefficient (Wildman–Crippen LogP) is 2.46. The first kappa shape index (κ1) is 18.8. The third-order valence-electron chi connectivity index (χ3n) is 5.14. The summed E-state index contributed by atoms with van der Waals surface area (Å²) < 4.78 is 5.38. The average molecular weight is 361 g/mol. The number of rotatable bonds is 9. The molecule has 0 atom stereocenters. The summed E-state index contributed by atoms with van der Waals surface area (Å²) in [6.45, 7) is 2.98. The molecule has 3 rings (SSSR count). The molecule has 2 saturated carbocycles. The lowest BCUT2D eigenvalue weighted by molar-refractivity contribution is -0.122. The maximum Gasteiger partial charge on any atom is 0.223 e. The molecule has 1 heterocycles. The van der Waals surface area contributed by atoms with Gasteiger partial charge in [0.05, 0.1) is 6.26 Å². The van der Waals surface area contributed by atoms with E-state index in [1.165, 1.54) is 32.1 Å². The van der Waals surface area contributed by atoms with E-state index in [0.717, 1.165) is 44.1 Å². The summed E-state index contributed by atoms with van der Waals surface area (Å²) in [5, 5.41) is 9.72. The maximum absolute atomic E-state index is 11.7. The van der Waals surface area contributed by atoms with Crippen LogP contribution in [0.4, 0.5) is 0 Å². The van der Waals surface area contributed by atoms with Crippen LogP contribution < -0.4 is 16.0 Å². The summed E-state index contributed by atoms with van der Waals surface area (Å²) in [7, 11) is 0. The second-order valence-corrected chi connectivity index (χ2v) is 7.44. The minimum absolute atomic E-state index is 0.193. The van der Waals surface area contributed by atoms with E-state index in [1.54, 1.807) is 6.26 Å². The first-order valence-corrected chi connectivity index (χ1v) is 10.1. The number of hydrogen-bond acceptors (Lipinski definition) is 3. The van der Waals surface area contributed by atoms with Crippen LogP contribution in [0, 0.1) is 11.8 Å². The standard InChI is InChI=1S/C20H32N4O2/c25-19(17-8-9-17)21-12-13-23-20(22-11-10-18-7-4-14-26-18)24-15-16-5-2-1-3-6-16/h4,7,14,16-17H,1-3,5-6,8-13,15H2,(H,21,25)(H2,22,23,24). The molecule has 6 heteroatoms. The lowest BCUT2D eigenvalue weighted by Gasteiger charge is -2.20. The number of amides is 1. The highest BCUT2D eigenvalue weighted by molar-refractivity contribution is 5.81. The molecule has 6 nitrogen and oxygen atoms in total. The minimum atomic E-state index is 0.193. The summed E-state index contributed by atoms with van der Waals surface area (Å²) in [4.78, 5) is 16.5. The van der Waals surface area contributed by atoms with Gasteiger partial charge in [-0.3, -0.25) is 9.79 Å². The molecule has 0 spiro atoms. The fourth-order valence-electron chi connectivity index (χ4n) is 3.38. The van der Waals surface area contributed by atoms with E-state index in [4.69, 9.17) is 9.41 Å². The number of carbonyl (C=O) groups excluding carboxylic acids is 1. The summed E-state index contributed by atoms with van der Waals surface area (Å²) in [5.74, 6) is 2.98. The van der Waals surface area contributed by atoms with Gasteiger partial charge in [0, 0.05) is 38.5 Å². The largest absolute Gasteiger partial charge is 0.469 e. The van der Waals surface area contributed by atoms with Crippen LogP contribution in [0.3, 0.4) is 0 Å². The van der Waals surface area contributed by atoms with Gasteiger partial charge in [0.25, 0.3) is 0 Å². The number of nitrogens with one attached hydrogen (secondary N) is 3. The number of hydrogen-bond donors (Lipinski definition) is 3. The van der Waals surface area contributed by atoms with Gasteiger partial charge in [-0.25, -0.2) is 0 Å².